The van der Waals surface area contributed by atoms with E-state index in [0.29, 0.717) is 17.9 Å². The first-order chi connectivity index (χ1) is 10.5. The summed E-state index contributed by atoms with van der Waals surface area (Å²) in [6.45, 7) is 6.13. The molecule has 0 aromatic heterocycles. The first-order valence-electron chi connectivity index (χ1n) is 8.60. The summed E-state index contributed by atoms with van der Waals surface area (Å²) in [5.74, 6) is 2.78. The highest BCUT2D eigenvalue weighted by molar-refractivity contribution is 5.81. The Bertz CT molecular complexity index is 540. The SMILES string of the molecule is CC(C)c1ccccc1O[C@@H](C)C(=O)N[C@H]1C[C@@H]2CC[C@@H]1C2. The molecule has 4 atom stereocenters. The number of ether oxygens (including phenoxy) is 1. The number of hydrogen-bond donors (Lipinski definition) is 1. The molecule has 1 N–H and O–H groups in total. The number of para-hydroxylation sites is 1. The third-order valence-corrected chi connectivity index (χ3v) is 5.28. The fourth-order valence-corrected chi connectivity index (χ4v) is 4.03. The van der Waals surface area contributed by atoms with Crippen LogP contribution in [0.4, 0.5) is 0 Å². The number of rotatable bonds is 5. The van der Waals surface area contributed by atoms with Crippen molar-refractivity contribution in [3.05, 3.63) is 29.8 Å². The van der Waals surface area contributed by atoms with Gasteiger partial charge in [0, 0.05) is 6.04 Å². The van der Waals surface area contributed by atoms with Gasteiger partial charge in [-0.3, -0.25) is 4.79 Å². The molecule has 1 amide bonds. The Hall–Kier alpha value is -1.51. The van der Waals surface area contributed by atoms with Crippen molar-refractivity contribution in [3.63, 3.8) is 0 Å². The standard InChI is InChI=1S/C19H27NO2/c1-12(2)16-6-4-5-7-18(16)22-13(3)19(21)20-17-11-14-8-9-15(17)10-14/h4-7,12-15,17H,8-11H2,1-3H3,(H,20,21)/t13-,14+,15+,17-/m0/s1. The van der Waals surface area contributed by atoms with Gasteiger partial charge in [0.2, 0.25) is 0 Å². The molecule has 0 saturated heterocycles. The summed E-state index contributed by atoms with van der Waals surface area (Å²) in [5, 5.41) is 3.22. The summed E-state index contributed by atoms with van der Waals surface area (Å²) < 4.78 is 5.95. The maximum Gasteiger partial charge on any atom is 0.261 e. The van der Waals surface area contributed by atoms with Crippen LogP contribution in [0.15, 0.2) is 24.3 Å². The van der Waals surface area contributed by atoms with Gasteiger partial charge >= 0.3 is 0 Å². The second-order valence-corrected chi connectivity index (χ2v) is 7.24. The zero-order valence-corrected chi connectivity index (χ0v) is 13.8. The van der Waals surface area contributed by atoms with Crippen LogP contribution in [-0.2, 0) is 4.79 Å². The largest absolute Gasteiger partial charge is 0.481 e. The number of amides is 1. The fraction of sp³-hybridized carbons (Fsp3) is 0.632. The number of fused-ring (bicyclic) bond motifs is 2. The third-order valence-electron chi connectivity index (χ3n) is 5.28. The quantitative estimate of drug-likeness (QED) is 0.896. The average molecular weight is 301 g/mol. The van der Waals surface area contributed by atoms with Crippen molar-refractivity contribution in [2.75, 3.05) is 0 Å². The van der Waals surface area contributed by atoms with Crippen molar-refractivity contribution in [2.24, 2.45) is 11.8 Å². The van der Waals surface area contributed by atoms with Crippen LogP contribution in [0.2, 0.25) is 0 Å². The van der Waals surface area contributed by atoms with Gasteiger partial charge in [-0.15, -0.1) is 0 Å². The zero-order chi connectivity index (χ0) is 15.7. The first-order valence-corrected chi connectivity index (χ1v) is 8.60. The molecule has 2 aliphatic rings. The fourth-order valence-electron chi connectivity index (χ4n) is 4.03. The summed E-state index contributed by atoms with van der Waals surface area (Å²) in [4.78, 5) is 12.4. The molecule has 0 heterocycles. The van der Waals surface area contributed by atoms with Gasteiger partial charge in [0.1, 0.15) is 5.75 Å². The lowest BCUT2D eigenvalue weighted by molar-refractivity contribution is -0.128. The maximum absolute atomic E-state index is 12.4. The molecular formula is C19H27NO2. The van der Waals surface area contributed by atoms with Gasteiger partial charge in [0.25, 0.3) is 5.91 Å². The van der Waals surface area contributed by atoms with Gasteiger partial charge < -0.3 is 10.1 Å². The Morgan fingerprint density at radius 1 is 1.18 bits per heavy atom. The molecule has 22 heavy (non-hydrogen) atoms. The summed E-state index contributed by atoms with van der Waals surface area (Å²) in [6.07, 6.45) is 4.65. The van der Waals surface area contributed by atoms with E-state index in [0.717, 1.165) is 23.7 Å². The molecule has 0 unspecified atom stereocenters. The molecule has 2 bridgehead atoms. The predicted molar refractivity (Wildman–Crippen MR) is 88.0 cm³/mol. The first kappa shape index (κ1) is 15.4. The highest BCUT2D eigenvalue weighted by Crippen LogP contribution is 2.44. The topological polar surface area (TPSA) is 38.3 Å². The predicted octanol–water partition coefficient (Wildman–Crippen LogP) is 3.88. The van der Waals surface area contributed by atoms with Crippen LogP contribution in [0.1, 0.15) is 57.9 Å². The highest BCUT2D eigenvalue weighted by atomic mass is 16.5. The molecule has 0 aliphatic heterocycles. The van der Waals surface area contributed by atoms with Crippen molar-refractivity contribution < 1.29 is 9.53 Å². The van der Waals surface area contributed by atoms with Crippen molar-refractivity contribution in [3.8, 4) is 5.75 Å². The molecule has 0 spiro atoms. The Morgan fingerprint density at radius 2 is 1.95 bits per heavy atom. The normalized spacial score (nSPS) is 27.9. The Morgan fingerprint density at radius 3 is 2.59 bits per heavy atom. The van der Waals surface area contributed by atoms with E-state index >= 15 is 0 Å². The van der Waals surface area contributed by atoms with Crippen molar-refractivity contribution in [2.45, 2.75) is 64.5 Å². The minimum absolute atomic E-state index is 0.0242. The number of nitrogens with one attached hydrogen (secondary N) is 1. The lowest BCUT2D eigenvalue weighted by atomic mass is 9.95. The van der Waals surface area contributed by atoms with Crippen LogP contribution >= 0.6 is 0 Å². The van der Waals surface area contributed by atoms with E-state index in [1.807, 2.05) is 25.1 Å². The smallest absolute Gasteiger partial charge is 0.261 e. The lowest BCUT2D eigenvalue weighted by Crippen LogP contribution is -2.44. The van der Waals surface area contributed by atoms with Gasteiger partial charge in [-0.1, -0.05) is 38.5 Å². The molecule has 1 aromatic rings. The molecule has 2 aliphatic carbocycles. The zero-order valence-electron chi connectivity index (χ0n) is 13.8. The van der Waals surface area contributed by atoms with Crippen LogP contribution < -0.4 is 10.1 Å². The van der Waals surface area contributed by atoms with E-state index in [1.54, 1.807) is 0 Å². The monoisotopic (exact) mass is 301 g/mol. The number of carbonyl (C=O) groups excluding carboxylic acids is 1. The van der Waals surface area contributed by atoms with Crippen molar-refractivity contribution >= 4 is 5.91 Å². The lowest BCUT2D eigenvalue weighted by Gasteiger charge is -2.25. The van der Waals surface area contributed by atoms with E-state index in [2.05, 4.69) is 25.2 Å². The van der Waals surface area contributed by atoms with E-state index in [1.165, 1.54) is 19.3 Å². The minimum atomic E-state index is -0.445. The van der Waals surface area contributed by atoms with Crippen molar-refractivity contribution in [1.29, 1.82) is 0 Å². The second-order valence-electron chi connectivity index (χ2n) is 7.24. The van der Waals surface area contributed by atoms with Gasteiger partial charge in [-0.05, 0) is 55.6 Å². The van der Waals surface area contributed by atoms with Gasteiger partial charge in [-0.25, -0.2) is 0 Å². The van der Waals surface area contributed by atoms with Crippen LogP contribution in [-0.4, -0.2) is 18.1 Å². The van der Waals surface area contributed by atoms with Gasteiger partial charge in [0.05, 0.1) is 0 Å². The molecule has 0 radical (unpaired) electrons. The van der Waals surface area contributed by atoms with Crippen molar-refractivity contribution in [1.82, 2.24) is 5.32 Å². The summed E-state index contributed by atoms with van der Waals surface area (Å²) in [6, 6.07) is 8.37. The number of carbonyl (C=O) groups is 1. The third kappa shape index (κ3) is 3.13. The maximum atomic E-state index is 12.4. The summed E-state index contributed by atoms with van der Waals surface area (Å²) in [5.41, 5.74) is 1.15. The van der Waals surface area contributed by atoms with E-state index in [9.17, 15) is 4.79 Å². The highest BCUT2D eigenvalue weighted by Gasteiger charge is 2.40. The van der Waals surface area contributed by atoms with Crippen LogP contribution in [0.5, 0.6) is 5.75 Å². The van der Waals surface area contributed by atoms with E-state index in [-0.39, 0.29) is 5.91 Å². The Balaban J connectivity index is 1.60. The molecular weight excluding hydrogens is 274 g/mol. The van der Waals surface area contributed by atoms with Gasteiger partial charge in [-0.2, -0.15) is 0 Å². The molecule has 2 fully saturated rings. The molecule has 1 aromatic carbocycles. The average Bonchev–Trinajstić information content (AvgIpc) is 3.10. The van der Waals surface area contributed by atoms with Crippen LogP contribution in [0.3, 0.4) is 0 Å². The van der Waals surface area contributed by atoms with Crippen LogP contribution in [0, 0.1) is 11.8 Å². The van der Waals surface area contributed by atoms with Gasteiger partial charge in [0.15, 0.2) is 6.10 Å². The van der Waals surface area contributed by atoms with Crippen LogP contribution in [0.25, 0.3) is 0 Å². The van der Waals surface area contributed by atoms with E-state index in [4.69, 9.17) is 4.74 Å². The Kier molecular flexibility index (Phi) is 4.42. The minimum Gasteiger partial charge on any atom is -0.481 e. The second kappa shape index (κ2) is 6.31. The molecule has 120 valence electrons. The molecule has 2 saturated carbocycles. The molecule has 3 heteroatoms. The molecule has 3 nitrogen and oxygen atoms in total. The molecule has 3 rings (SSSR count). The Labute approximate surface area is 133 Å². The number of benzene rings is 1. The summed E-state index contributed by atoms with van der Waals surface area (Å²) in [7, 11) is 0. The summed E-state index contributed by atoms with van der Waals surface area (Å²) >= 11 is 0. The van der Waals surface area contributed by atoms with E-state index < -0.39 is 6.10 Å². The number of hydrogen-bond acceptors (Lipinski definition) is 2.